The van der Waals surface area contributed by atoms with Crippen LogP contribution in [0.25, 0.3) is 77.3 Å². The summed E-state index contributed by atoms with van der Waals surface area (Å²) in [6.45, 7) is 4.31. The van der Waals surface area contributed by atoms with Crippen LogP contribution >= 0.6 is 0 Å². The summed E-state index contributed by atoms with van der Waals surface area (Å²) < 4.78 is 4.73. The van der Waals surface area contributed by atoms with Gasteiger partial charge in [-0.1, -0.05) is 78.9 Å². The molecule has 0 bridgehead atoms. The third-order valence-corrected chi connectivity index (χ3v) is 8.70. The summed E-state index contributed by atoms with van der Waals surface area (Å²) >= 11 is 0. The molecule has 198 valence electrons. The van der Waals surface area contributed by atoms with Gasteiger partial charge in [-0.05, 0) is 84.6 Å². The molecule has 9 aromatic rings. The molecule has 0 amide bonds. The van der Waals surface area contributed by atoms with Crippen molar-refractivity contribution < 1.29 is 0 Å². The number of aryl methyl sites for hydroxylation is 2. The zero-order chi connectivity index (χ0) is 27.9. The third kappa shape index (κ3) is 3.25. The molecular weight excluding hydrogens is 510 g/mol. The van der Waals surface area contributed by atoms with Gasteiger partial charge in [-0.2, -0.15) is 0 Å². The summed E-state index contributed by atoms with van der Waals surface area (Å²) in [6.07, 6.45) is 0. The molecule has 42 heavy (non-hydrogen) atoms. The number of hydrogen-bond donors (Lipinski definition) is 0. The van der Waals surface area contributed by atoms with Crippen molar-refractivity contribution in [3.63, 3.8) is 0 Å². The minimum absolute atomic E-state index is 0.955. The fourth-order valence-electron chi connectivity index (χ4n) is 7.01. The van der Waals surface area contributed by atoms with Crippen LogP contribution in [0.3, 0.4) is 0 Å². The van der Waals surface area contributed by atoms with Crippen molar-refractivity contribution in [3.8, 4) is 28.2 Å². The summed E-state index contributed by atoms with van der Waals surface area (Å²) in [4.78, 5) is 5.15. The van der Waals surface area contributed by atoms with E-state index in [0.717, 1.165) is 28.1 Å². The van der Waals surface area contributed by atoms with E-state index in [1.54, 1.807) is 0 Å². The minimum Gasteiger partial charge on any atom is -0.308 e. The lowest BCUT2D eigenvalue weighted by atomic mass is 10.00. The van der Waals surface area contributed by atoms with Gasteiger partial charge >= 0.3 is 0 Å². The number of aromatic nitrogens is 3. The Balaban J connectivity index is 1.25. The van der Waals surface area contributed by atoms with Crippen LogP contribution in [0, 0.1) is 13.8 Å². The average Bonchev–Trinajstić information content (AvgIpc) is 3.68. The normalized spacial score (nSPS) is 12.0. The Morgan fingerprint density at radius 2 is 1.12 bits per heavy atom. The van der Waals surface area contributed by atoms with Gasteiger partial charge in [0, 0.05) is 32.8 Å². The SMILES string of the molecule is Cc1cc(C)cc(-n2c(-c3cccc(-c4ccc5c(c4)c4cccc6c7ccccc7n5c64)c3)nc3ccccc32)c1. The first-order valence-corrected chi connectivity index (χ1v) is 14.5. The van der Waals surface area contributed by atoms with Gasteiger partial charge in [0.25, 0.3) is 0 Å². The molecule has 0 spiro atoms. The van der Waals surface area contributed by atoms with Crippen molar-refractivity contribution in [2.75, 3.05) is 0 Å². The second kappa shape index (κ2) is 8.55. The van der Waals surface area contributed by atoms with Crippen LogP contribution in [-0.4, -0.2) is 14.0 Å². The van der Waals surface area contributed by atoms with Gasteiger partial charge in [0.05, 0.1) is 27.6 Å². The molecule has 3 heterocycles. The van der Waals surface area contributed by atoms with Gasteiger partial charge in [-0.15, -0.1) is 0 Å². The number of benzene rings is 6. The standard InChI is InChI=1S/C39H27N3/c1-24-19-25(2)21-29(20-24)41-37-16-6-4-14-34(37)40-39(41)28-10-7-9-26(22-28)27-17-18-36-33(23-27)32-13-8-12-31-30-11-3-5-15-35(30)42(36)38(31)32/h3-23H,1-2H3. The maximum absolute atomic E-state index is 5.15. The predicted molar refractivity (Wildman–Crippen MR) is 176 cm³/mol. The molecule has 0 fully saturated rings. The Hall–Kier alpha value is -5.41. The highest BCUT2D eigenvalue weighted by atomic mass is 15.1. The number of nitrogens with zero attached hydrogens (tertiary/aromatic N) is 3. The third-order valence-electron chi connectivity index (χ3n) is 8.70. The van der Waals surface area contributed by atoms with Crippen molar-refractivity contribution in [3.05, 3.63) is 139 Å². The van der Waals surface area contributed by atoms with Gasteiger partial charge in [0.1, 0.15) is 5.82 Å². The topological polar surface area (TPSA) is 22.2 Å². The van der Waals surface area contributed by atoms with Crippen molar-refractivity contribution in [1.29, 1.82) is 0 Å². The summed E-state index contributed by atoms with van der Waals surface area (Å²) in [5.41, 5.74) is 13.0. The average molecular weight is 538 g/mol. The fourth-order valence-corrected chi connectivity index (χ4v) is 7.01. The van der Waals surface area contributed by atoms with Crippen molar-refractivity contribution in [2.45, 2.75) is 13.8 Å². The van der Waals surface area contributed by atoms with E-state index in [9.17, 15) is 0 Å². The smallest absolute Gasteiger partial charge is 0.145 e. The van der Waals surface area contributed by atoms with Gasteiger partial charge < -0.3 is 4.40 Å². The summed E-state index contributed by atoms with van der Waals surface area (Å²) in [7, 11) is 0. The zero-order valence-corrected chi connectivity index (χ0v) is 23.5. The molecule has 0 N–H and O–H groups in total. The molecule has 9 rings (SSSR count). The van der Waals surface area contributed by atoms with E-state index < -0.39 is 0 Å². The molecular formula is C39H27N3. The van der Waals surface area contributed by atoms with E-state index in [2.05, 4.69) is 150 Å². The number of imidazole rings is 1. The largest absolute Gasteiger partial charge is 0.308 e. The molecule has 0 aliphatic carbocycles. The first-order chi connectivity index (χ1) is 20.6. The molecule has 3 heteroatoms. The summed E-state index contributed by atoms with van der Waals surface area (Å²) in [5.74, 6) is 0.955. The molecule has 0 saturated heterocycles. The van der Waals surface area contributed by atoms with Gasteiger partial charge in [-0.3, -0.25) is 4.57 Å². The number of fused-ring (bicyclic) bond motifs is 7. The molecule has 0 aliphatic rings. The second-order valence-corrected chi connectivity index (χ2v) is 11.5. The monoisotopic (exact) mass is 537 g/mol. The van der Waals surface area contributed by atoms with Crippen LogP contribution in [0.4, 0.5) is 0 Å². The Morgan fingerprint density at radius 1 is 0.476 bits per heavy atom. The molecule has 6 aromatic carbocycles. The Morgan fingerprint density at radius 3 is 1.98 bits per heavy atom. The molecule has 0 aliphatic heterocycles. The Kier molecular flexibility index (Phi) is 4.74. The highest BCUT2D eigenvalue weighted by Crippen LogP contribution is 2.40. The van der Waals surface area contributed by atoms with Gasteiger partial charge in [-0.25, -0.2) is 4.98 Å². The fraction of sp³-hybridized carbons (Fsp3) is 0.0513. The minimum atomic E-state index is 0.955. The van der Waals surface area contributed by atoms with Crippen molar-refractivity contribution >= 4 is 49.1 Å². The lowest BCUT2D eigenvalue weighted by Crippen LogP contribution is -1.99. The second-order valence-electron chi connectivity index (χ2n) is 11.5. The Bertz CT molecular complexity index is 2470. The van der Waals surface area contributed by atoms with Crippen molar-refractivity contribution in [2.24, 2.45) is 0 Å². The van der Waals surface area contributed by atoms with E-state index in [1.807, 2.05) is 0 Å². The number of para-hydroxylation sites is 4. The maximum Gasteiger partial charge on any atom is 0.145 e. The quantitative estimate of drug-likeness (QED) is 0.220. The number of rotatable bonds is 3. The molecule has 0 radical (unpaired) electrons. The van der Waals surface area contributed by atoms with Gasteiger partial charge in [0.15, 0.2) is 0 Å². The van der Waals surface area contributed by atoms with Crippen LogP contribution in [0.2, 0.25) is 0 Å². The first-order valence-electron chi connectivity index (χ1n) is 14.5. The van der Waals surface area contributed by atoms with Crippen LogP contribution < -0.4 is 0 Å². The van der Waals surface area contributed by atoms with Gasteiger partial charge in [0.2, 0.25) is 0 Å². The Labute approximate surface area is 243 Å². The highest BCUT2D eigenvalue weighted by Gasteiger charge is 2.18. The van der Waals surface area contributed by atoms with E-state index in [-0.39, 0.29) is 0 Å². The maximum atomic E-state index is 5.15. The van der Waals surface area contributed by atoms with E-state index in [4.69, 9.17) is 4.98 Å². The molecule has 0 atom stereocenters. The zero-order valence-electron chi connectivity index (χ0n) is 23.5. The van der Waals surface area contributed by atoms with E-state index in [0.29, 0.717) is 0 Å². The lowest BCUT2D eigenvalue weighted by Gasteiger charge is -2.13. The predicted octanol–water partition coefficient (Wildman–Crippen LogP) is 10.1. The van der Waals surface area contributed by atoms with E-state index >= 15 is 0 Å². The summed E-state index contributed by atoms with van der Waals surface area (Å²) in [5, 5.41) is 5.21. The highest BCUT2D eigenvalue weighted by molar-refractivity contribution is 6.23. The van der Waals surface area contributed by atoms with E-state index in [1.165, 1.54) is 60.3 Å². The van der Waals surface area contributed by atoms with Crippen LogP contribution in [0.1, 0.15) is 11.1 Å². The number of hydrogen-bond acceptors (Lipinski definition) is 1. The van der Waals surface area contributed by atoms with Crippen LogP contribution in [0.5, 0.6) is 0 Å². The molecule has 0 unspecified atom stereocenters. The molecule has 3 nitrogen and oxygen atoms in total. The lowest BCUT2D eigenvalue weighted by molar-refractivity contribution is 1.09. The summed E-state index contributed by atoms with van der Waals surface area (Å²) in [6, 6.07) is 46.3. The van der Waals surface area contributed by atoms with Crippen LogP contribution in [0.15, 0.2) is 127 Å². The van der Waals surface area contributed by atoms with Crippen molar-refractivity contribution in [1.82, 2.24) is 14.0 Å². The molecule has 0 saturated carbocycles. The molecule has 3 aromatic heterocycles. The first kappa shape index (κ1) is 23.3. The van der Waals surface area contributed by atoms with Crippen LogP contribution in [-0.2, 0) is 0 Å².